The van der Waals surface area contributed by atoms with Gasteiger partial charge in [0.25, 0.3) is 0 Å². The van der Waals surface area contributed by atoms with Crippen molar-refractivity contribution in [2.75, 3.05) is 39.5 Å². The Morgan fingerprint density at radius 2 is 1.87 bits per heavy atom. The van der Waals surface area contributed by atoms with E-state index in [2.05, 4.69) is 6.58 Å². The smallest absolute Gasteiger partial charge is 0.330 e. The Labute approximate surface area is 90.0 Å². The molecule has 0 bridgehead atoms. The molecule has 5 nitrogen and oxygen atoms in total. The Kier molecular flexibility index (Phi) is 9.05. The second kappa shape index (κ2) is 9.64. The van der Waals surface area contributed by atoms with Crippen LogP contribution in [0.4, 0.5) is 0 Å². The molecule has 0 aromatic heterocycles. The predicted octanol–water partition coefficient (Wildman–Crippen LogP) is -0.608. The molecule has 5 heteroatoms. The monoisotopic (exact) mass is 217 g/mol. The third-order valence-electron chi connectivity index (χ3n) is 1.86. The molecule has 0 aromatic carbocycles. The average Bonchev–Trinajstić information content (AvgIpc) is 2.24. The van der Waals surface area contributed by atoms with Gasteiger partial charge in [0, 0.05) is 25.7 Å². The van der Waals surface area contributed by atoms with Gasteiger partial charge in [-0.05, 0) is 6.42 Å². The minimum Gasteiger partial charge on any atom is -0.462 e. The van der Waals surface area contributed by atoms with Crippen molar-refractivity contribution in [2.24, 2.45) is 0 Å². The number of hydrogen-bond acceptors (Lipinski definition) is 5. The van der Waals surface area contributed by atoms with Gasteiger partial charge in [0.15, 0.2) is 0 Å². The molecule has 0 aliphatic carbocycles. The van der Waals surface area contributed by atoms with Crippen LogP contribution in [-0.4, -0.2) is 60.5 Å². The summed E-state index contributed by atoms with van der Waals surface area (Å²) in [6, 6.07) is 0. The van der Waals surface area contributed by atoms with Gasteiger partial charge in [-0.25, -0.2) is 4.79 Å². The molecule has 0 saturated heterocycles. The number of ether oxygens (including phenoxy) is 1. The topological polar surface area (TPSA) is 70.0 Å². The molecule has 0 aliphatic rings. The van der Waals surface area contributed by atoms with Crippen LogP contribution in [0.3, 0.4) is 0 Å². The zero-order valence-electron chi connectivity index (χ0n) is 8.89. The summed E-state index contributed by atoms with van der Waals surface area (Å²) in [5, 5.41) is 17.4. The SMILES string of the molecule is C=CC(=O)OCCCN(CCO)CCO. The number of carbonyl (C=O) groups is 1. The molecular weight excluding hydrogens is 198 g/mol. The van der Waals surface area contributed by atoms with Gasteiger partial charge in [-0.3, -0.25) is 4.90 Å². The Balaban J connectivity index is 3.52. The van der Waals surface area contributed by atoms with E-state index in [0.717, 1.165) is 6.08 Å². The summed E-state index contributed by atoms with van der Waals surface area (Å²) in [6.07, 6.45) is 1.80. The lowest BCUT2D eigenvalue weighted by Crippen LogP contribution is -2.31. The number of aliphatic hydroxyl groups is 2. The lowest BCUT2D eigenvalue weighted by molar-refractivity contribution is -0.137. The Bertz CT molecular complexity index is 178. The highest BCUT2D eigenvalue weighted by Gasteiger charge is 2.03. The van der Waals surface area contributed by atoms with Crippen LogP contribution in [0.2, 0.25) is 0 Å². The lowest BCUT2D eigenvalue weighted by Gasteiger charge is -2.19. The molecule has 2 N–H and O–H groups in total. The number of hydrogen-bond donors (Lipinski definition) is 2. The van der Waals surface area contributed by atoms with Gasteiger partial charge < -0.3 is 14.9 Å². The second-order valence-corrected chi connectivity index (χ2v) is 3.01. The Hall–Kier alpha value is -0.910. The third kappa shape index (κ3) is 8.11. The molecule has 0 aromatic rings. The molecule has 0 radical (unpaired) electrons. The van der Waals surface area contributed by atoms with E-state index < -0.39 is 5.97 Å². The first-order valence-electron chi connectivity index (χ1n) is 4.97. The Morgan fingerprint density at radius 1 is 1.27 bits per heavy atom. The molecule has 88 valence electrons. The van der Waals surface area contributed by atoms with E-state index in [1.165, 1.54) is 0 Å². The van der Waals surface area contributed by atoms with E-state index in [1.54, 1.807) is 0 Å². The van der Waals surface area contributed by atoms with Gasteiger partial charge in [0.2, 0.25) is 0 Å². The van der Waals surface area contributed by atoms with Crippen molar-refractivity contribution in [1.82, 2.24) is 4.90 Å². The van der Waals surface area contributed by atoms with Crippen LogP contribution >= 0.6 is 0 Å². The fourth-order valence-corrected chi connectivity index (χ4v) is 1.14. The summed E-state index contributed by atoms with van der Waals surface area (Å²) < 4.78 is 4.79. The fourth-order valence-electron chi connectivity index (χ4n) is 1.14. The molecule has 0 rings (SSSR count). The first-order valence-corrected chi connectivity index (χ1v) is 4.97. The second-order valence-electron chi connectivity index (χ2n) is 3.01. The highest BCUT2D eigenvalue weighted by atomic mass is 16.5. The molecule has 15 heavy (non-hydrogen) atoms. The molecule has 0 atom stereocenters. The quantitative estimate of drug-likeness (QED) is 0.306. The molecular formula is C10H19NO4. The average molecular weight is 217 g/mol. The summed E-state index contributed by atoms with van der Waals surface area (Å²) in [5.74, 6) is -0.425. The summed E-state index contributed by atoms with van der Waals surface area (Å²) in [4.78, 5) is 12.6. The van der Waals surface area contributed by atoms with E-state index in [9.17, 15) is 4.79 Å². The van der Waals surface area contributed by atoms with Gasteiger partial charge in [-0.2, -0.15) is 0 Å². The van der Waals surface area contributed by atoms with Crippen LogP contribution in [-0.2, 0) is 9.53 Å². The molecule has 0 saturated carbocycles. The first-order chi connectivity index (χ1) is 7.24. The predicted molar refractivity (Wildman–Crippen MR) is 56.4 cm³/mol. The third-order valence-corrected chi connectivity index (χ3v) is 1.86. The molecule has 0 aliphatic heterocycles. The van der Waals surface area contributed by atoms with E-state index >= 15 is 0 Å². The van der Waals surface area contributed by atoms with Crippen LogP contribution < -0.4 is 0 Å². The first kappa shape index (κ1) is 14.1. The molecule has 0 unspecified atom stereocenters. The minimum atomic E-state index is -0.425. The van der Waals surface area contributed by atoms with Crippen LogP contribution in [0.1, 0.15) is 6.42 Å². The maximum absolute atomic E-state index is 10.7. The number of aliphatic hydroxyl groups excluding tert-OH is 2. The van der Waals surface area contributed by atoms with Crippen molar-refractivity contribution < 1.29 is 19.7 Å². The number of rotatable bonds is 9. The summed E-state index contributed by atoms with van der Waals surface area (Å²) in [6.45, 7) is 5.47. The highest BCUT2D eigenvalue weighted by molar-refractivity contribution is 5.81. The normalized spacial score (nSPS) is 10.3. The van der Waals surface area contributed by atoms with Gasteiger partial charge in [-0.1, -0.05) is 6.58 Å². The van der Waals surface area contributed by atoms with Crippen molar-refractivity contribution in [2.45, 2.75) is 6.42 Å². The summed E-state index contributed by atoms with van der Waals surface area (Å²) >= 11 is 0. The zero-order chi connectivity index (χ0) is 11.5. The maximum atomic E-state index is 10.7. The molecule has 0 heterocycles. The van der Waals surface area contributed by atoms with Crippen molar-refractivity contribution in [1.29, 1.82) is 0 Å². The van der Waals surface area contributed by atoms with Crippen molar-refractivity contribution in [3.05, 3.63) is 12.7 Å². The number of carbonyl (C=O) groups excluding carboxylic acids is 1. The van der Waals surface area contributed by atoms with Gasteiger partial charge in [-0.15, -0.1) is 0 Å². The largest absolute Gasteiger partial charge is 0.462 e. The van der Waals surface area contributed by atoms with Crippen LogP contribution in [0.25, 0.3) is 0 Å². The van der Waals surface area contributed by atoms with Crippen LogP contribution in [0.5, 0.6) is 0 Å². The standard InChI is InChI=1S/C10H19NO4/c1-2-10(14)15-9-3-4-11(5-7-12)6-8-13/h2,12-13H,1,3-9H2. The zero-order valence-corrected chi connectivity index (χ0v) is 8.89. The Morgan fingerprint density at radius 3 is 2.33 bits per heavy atom. The van der Waals surface area contributed by atoms with Gasteiger partial charge in [0.05, 0.1) is 19.8 Å². The minimum absolute atomic E-state index is 0.0619. The summed E-state index contributed by atoms with van der Waals surface area (Å²) in [5.41, 5.74) is 0. The fraction of sp³-hybridized carbons (Fsp3) is 0.700. The van der Waals surface area contributed by atoms with Crippen molar-refractivity contribution in [3.8, 4) is 0 Å². The molecule has 0 fully saturated rings. The van der Waals surface area contributed by atoms with Crippen LogP contribution in [0, 0.1) is 0 Å². The summed E-state index contributed by atoms with van der Waals surface area (Å²) in [7, 11) is 0. The number of nitrogens with zero attached hydrogens (tertiary/aromatic N) is 1. The van der Waals surface area contributed by atoms with E-state index in [4.69, 9.17) is 14.9 Å². The van der Waals surface area contributed by atoms with Gasteiger partial charge >= 0.3 is 5.97 Å². The maximum Gasteiger partial charge on any atom is 0.330 e. The van der Waals surface area contributed by atoms with Gasteiger partial charge in [0.1, 0.15) is 0 Å². The van der Waals surface area contributed by atoms with E-state index in [-0.39, 0.29) is 13.2 Å². The van der Waals surface area contributed by atoms with E-state index in [1.807, 2.05) is 4.90 Å². The highest BCUT2D eigenvalue weighted by Crippen LogP contribution is 1.92. The lowest BCUT2D eigenvalue weighted by atomic mass is 10.4. The van der Waals surface area contributed by atoms with Crippen LogP contribution in [0.15, 0.2) is 12.7 Å². The molecule has 0 amide bonds. The molecule has 0 spiro atoms. The number of esters is 1. The van der Waals surface area contributed by atoms with Crippen molar-refractivity contribution in [3.63, 3.8) is 0 Å². The van der Waals surface area contributed by atoms with E-state index in [0.29, 0.717) is 32.7 Å². The van der Waals surface area contributed by atoms with Crippen molar-refractivity contribution >= 4 is 5.97 Å².